The highest BCUT2D eigenvalue weighted by molar-refractivity contribution is 6.04. The van der Waals surface area contributed by atoms with Crippen molar-refractivity contribution in [2.24, 2.45) is 0 Å². The van der Waals surface area contributed by atoms with E-state index >= 15 is 0 Å². The first-order chi connectivity index (χ1) is 12.1. The van der Waals surface area contributed by atoms with Crippen LogP contribution in [0.2, 0.25) is 0 Å². The minimum atomic E-state index is -0.379. The zero-order valence-electron chi connectivity index (χ0n) is 14.1. The van der Waals surface area contributed by atoms with Gasteiger partial charge in [-0.2, -0.15) is 0 Å². The van der Waals surface area contributed by atoms with Gasteiger partial charge in [0.15, 0.2) is 0 Å². The Morgan fingerprint density at radius 3 is 2.88 bits per heavy atom. The van der Waals surface area contributed by atoms with Crippen molar-refractivity contribution in [3.63, 3.8) is 0 Å². The van der Waals surface area contributed by atoms with E-state index < -0.39 is 0 Å². The number of rotatable bonds is 5. The number of anilines is 1. The number of carbonyl (C=O) groups excluding carboxylic acids is 1. The van der Waals surface area contributed by atoms with Crippen LogP contribution in [0.3, 0.4) is 0 Å². The molecule has 0 aliphatic carbocycles. The van der Waals surface area contributed by atoms with Gasteiger partial charge in [0.2, 0.25) is 0 Å². The Hall–Kier alpha value is -2.24. The standard InChI is InChI=1S/C20H23FN2O2/c21-17-6-2-7-18(13-17)22-20(25)16-5-1-4-15(12-16)9-11-23-10-3-8-19(24)14-23/h1-2,4-7,12-13,19,24H,3,8-11,14H2,(H,22,25). The topological polar surface area (TPSA) is 52.6 Å². The van der Waals surface area contributed by atoms with Crippen molar-refractivity contribution in [2.45, 2.75) is 25.4 Å². The fourth-order valence-corrected chi connectivity index (χ4v) is 3.16. The van der Waals surface area contributed by atoms with E-state index in [9.17, 15) is 14.3 Å². The summed E-state index contributed by atoms with van der Waals surface area (Å²) in [5.74, 6) is -0.629. The molecular weight excluding hydrogens is 319 g/mol. The molecule has 2 aromatic carbocycles. The van der Waals surface area contributed by atoms with E-state index in [1.807, 2.05) is 18.2 Å². The van der Waals surface area contributed by atoms with Gasteiger partial charge in [-0.3, -0.25) is 4.79 Å². The Labute approximate surface area is 147 Å². The molecule has 1 saturated heterocycles. The molecule has 1 amide bonds. The van der Waals surface area contributed by atoms with Crippen molar-refractivity contribution in [3.8, 4) is 0 Å². The number of hydrogen-bond acceptors (Lipinski definition) is 3. The molecule has 0 radical (unpaired) electrons. The summed E-state index contributed by atoms with van der Waals surface area (Å²) in [7, 11) is 0. The highest BCUT2D eigenvalue weighted by Crippen LogP contribution is 2.14. The van der Waals surface area contributed by atoms with Gasteiger partial charge in [-0.1, -0.05) is 18.2 Å². The molecule has 2 N–H and O–H groups in total. The van der Waals surface area contributed by atoms with Crippen LogP contribution in [0.4, 0.5) is 10.1 Å². The van der Waals surface area contributed by atoms with Gasteiger partial charge < -0.3 is 15.3 Å². The van der Waals surface area contributed by atoms with E-state index in [-0.39, 0.29) is 17.8 Å². The number of carbonyl (C=O) groups is 1. The van der Waals surface area contributed by atoms with Crippen LogP contribution in [-0.2, 0) is 6.42 Å². The van der Waals surface area contributed by atoms with Gasteiger partial charge in [0.1, 0.15) is 5.82 Å². The number of likely N-dealkylation sites (tertiary alicyclic amines) is 1. The third-order valence-corrected chi connectivity index (χ3v) is 4.47. The minimum Gasteiger partial charge on any atom is -0.392 e. The Kier molecular flexibility index (Phi) is 5.79. The molecule has 132 valence electrons. The number of aliphatic hydroxyl groups excluding tert-OH is 1. The number of hydrogen-bond donors (Lipinski definition) is 2. The van der Waals surface area contributed by atoms with Crippen LogP contribution >= 0.6 is 0 Å². The van der Waals surface area contributed by atoms with Crippen LogP contribution in [0, 0.1) is 5.82 Å². The molecule has 1 aliphatic rings. The van der Waals surface area contributed by atoms with Gasteiger partial charge in [0.05, 0.1) is 6.10 Å². The van der Waals surface area contributed by atoms with E-state index in [1.165, 1.54) is 12.1 Å². The lowest BCUT2D eigenvalue weighted by Gasteiger charge is -2.29. The summed E-state index contributed by atoms with van der Waals surface area (Å²) in [6.07, 6.45) is 2.51. The molecular formula is C20H23FN2O2. The van der Waals surface area contributed by atoms with Crippen molar-refractivity contribution in [1.29, 1.82) is 0 Å². The molecule has 4 nitrogen and oxygen atoms in total. The SMILES string of the molecule is O=C(Nc1cccc(F)c1)c1cccc(CCN2CCCC(O)C2)c1. The monoisotopic (exact) mass is 342 g/mol. The average Bonchev–Trinajstić information content (AvgIpc) is 2.60. The lowest BCUT2D eigenvalue weighted by atomic mass is 10.0. The first-order valence-corrected chi connectivity index (χ1v) is 8.66. The molecule has 1 unspecified atom stereocenters. The zero-order valence-corrected chi connectivity index (χ0v) is 14.1. The van der Waals surface area contributed by atoms with Crippen molar-refractivity contribution < 1.29 is 14.3 Å². The number of piperidine rings is 1. The molecule has 0 bridgehead atoms. The van der Waals surface area contributed by atoms with Crippen molar-refractivity contribution in [2.75, 3.05) is 25.0 Å². The van der Waals surface area contributed by atoms with Crippen LogP contribution in [0.25, 0.3) is 0 Å². The Balaban J connectivity index is 1.59. The molecule has 1 fully saturated rings. The fourth-order valence-electron chi connectivity index (χ4n) is 3.16. The van der Waals surface area contributed by atoms with Gasteiger partial charge >= 0.3 is 0 Å². The number of nitrogens with one attached hydrogen (secondary N) is 1. The third kappa shape index (κ3) is 5.11. The fraction of sp³-hybridized carbons (Fsp3) is 0.350. The van der Waals surface area contributed by atoms with Crippen LogP contribution in [0.5, 0.6) is 0 Å². The Morgan fingerprint density at radius 2 is 2.08 bits per heavy atom. The van der Waals surface area contributed by atoms with Gasteiger partial charge in [-0.15, -0.1) is 0 Å². The summed E-state index contributed by atoms with van der Waals surface area (Å²) < 4.78 is 13.2. The molecule has 5 heteroatoms. The van der Waals surface area contributed by atoms with E-state index in [0.717, 1.165) is 44.5 Å². The molecule has 2 aromatic rings. The number of β-amino-alcohol motifs (C(OH)–C–C–N with tert-alkyl or cyclic N) is 1. The summed E-state index contributed by atoms with van der Waals surface area (Å²) in [4.78, 5) is 14.6. The number of nitrogens with zero attached hydrogens (tertiary/aromatic N) is 1. The lowest BCUT2D eigenvalue weighted by molar-refractivity contribution is 0.0714. The summed E-state index contributed by atoms with van der Waals surface area (Å²) in [6.45, 7) is 2.60. The van der Waals surface area contributed by atoms with Crippen molar-refractivity contribution in [3.05, 3.63) is 65.5 Å². The minimum absolute atomic E-state index is 0.225. The predicted octanol–water partition coefficient (Wildman–Crippen LogP) is 3.08. The van der Waals surface area contributed by atoms with Gasteiger partial charge in [0, 0.05) is 24.3 Å². The van der Waals surface area contributed by atoms with E-state index in [0.29, 0.717) is 11.3 Å². The average molecular weight is 342 g/mol. The highest BCUT2D eigenvalue weighted by atomic mass is 19.1. The molecule has 1 heterocycles. The van der Waals surface area contributed by atoms with Crippen LogP contribution in [0.15, 0.2) is 48.5 Å². The first-order valence-electron chi connectivity index (χ1n) is 8.66. The zero-order chi connectivity index (χ0) is 17.6. The Morgan fingerprint density at radius 1 is 1.24 bits per heavy atom. The van der Waals surface area contributed by atoms with Gasteiger partial charge in [-0.05, 0) is 61.7 Å². The summed E-state index contributed by atoms with van der Waals surface area (Å²) in [6, 6.07) is 13.3. The van der Waals surface area contributed by atoms with E-state index in [4.69, 9.17) is 0 Å². The van der Waals surface area contributed by atoms with Crippen molar-refractivity contribution >= 4 is 11.6 Å². The predicted molar refractivity (Wildman–Crippen MR) is 96.2 cm³/mol. The number of benzene rings is 2. The smallest absolute Gasteiger partial charge is 0.255 e. The molecule has 1 atom stereocenters. The molecule has 25 heavy (non-hydrogen) atoms. The molecule has 0 aromatic heterocycles. The van der Waals surface area contributed by atoms with Crippen LogP contribution in [0.1, 0.15) is 28.8 Å². The van der Waals surface area contributed by atoms with Crippen LogP contribution in [-0.4, -0.2) is 41.7 Å². The third-order valence-electron chi connectivity index (χ3n) is 4.47. The van der Waals surface area contributed by atoms with E-state index in [2.05, 4.69) is 10.2 Å². The summed E-state index contributed by atoms with van der Waals surface area (Å²) in [5.41, 5.74) is 2.07. The molecule has 1 aliphatic heterocycles. The summed E-state index contributed by atoms with van der Waals surface area (Å²) in [5, 5.41) is 12.4. The maximum atomic E-state index is 13.2. The molecule has 0 spiro atoms. The molecule has 0 saturated carbocycles. The van der Waals surface area contributed by atoms with Crippen LogP contribution < -0.4 is 5.32 Å². The number of halogens is 1. The maximum absolute atomic E-state index is 13.2. The summed E-state index contributed by atoms with van der Waals surface area (Å²) >= 11 is 0. The van der Waals surface area contributed by atoms with Gasteiger partial charge in [0.25, 0.3) is 5.91 Å². The largest absolute Gasteiger partial charge is 0.392 e. The van der Waals surface area contributed by atoms with E-state index in [1.54, 1.807) is 18.2 Å². The second-order valence-electron chi connectivity index (χ2n) is 6.51. The number of amides is 1. The van der Waals surface area contributed by atoms with Crippen molar-refractivity contribution in [1.82, 2.24) is 4.90 Å². The highest BCUT2D eigenvalue weighted by Gasteiger charge is 2.17. The normalized spacial score (nSPS) is 18.1. The first kappa shape index (κ1) is 17.6. The van der Waals surface area contributed by atoms with Gasteiger partial charge in [-0.25, -0.2) is 4.39 Å². The second-order valence-corrected chi connectivity index (χ2v) is 6.51. The Bertz CT molecular complexity index is 735. The number of aliphatic hydroxyl groups is 1. The lowest BCUT2D eigenvalue weighted by Crippen LogP contribution is -2.39. The maximum Gasteiger partial charge on any atom is 0.255 e. The second kappa shape index (κ2) is 8.23. The molecule has 3 rings (SSSR count). The quantitative estimate of drug-likeness (QED) is 0.878.